The van der Waals surface area contributed by atoms with Gasteiger partial charge in [-0.25, -0.2) is 4.39 Å². The number of carbonyl (C=O) groups is 2. The molecule has 0 unspecified atom stereocenters. The van der Waals surface area contributed by atoms with E-state index in [0.717, 1.165) is 11.3 Å². The highest BCUT2D eigenvalue weighted by atomic mass is 35.5. The predicted octanol–water partition coefficient (Wildman–Crippen LogP) is 5.48. The molecule has 5 nitrogen and oxygen atoms in total. The van der Waals surface area contributed by atoms with Crippen LogP contribution < -0.4 is 0 Å². The fourth-order valence-corrected chi connectivity index (χ4v) is 4.04. The maximum atomic E-state index is 14.2. The lowest BCUT2D eigenvalue weighted by Crippen LogP contribution is -2.44. The lowest BCUT2D eigenvalue weighted by Gasteiger charge is -2.29. The Kier molecular flexibility index (Phi) is 8.88. The number of rotatable bonds is 10. The van der Waals surface area contributed by atoms with Crippen LogP contribution in [0.15, 0.2) is 66.9 Å². The quantitative estimate of drug-likeness (QED) is 0.383. The Morgan fingerprint density at radius 2 is 1.71 bits per heavy atom. The SMILES string of the molecule is CCN(CC(=O)N(Cc1cccn1Cc1ccccc1Cl)CC(C)C)C(=O)c1ccccc1F. The molecule has 180 valence electrons. The Hall–Kier alpha value is -3.12. The van der Waals surface area contributed by atoms with Gasteiger partial charge >= 0.3 is 0 Å². The van der Waals surface area contributed by atoms with E-state index in [1.807, 2.05) is 56.4 Å². The largest absolute Gasteiger partial charge is 0.345 e. The average molecular weight is 484 g/mol. The second kappa shape index (κ2) is 11.8. The van der Waals surface area contributed by atoms with Crippen molar-refractivity contribution in [2.24, 2.45) is 5.92 Å². The number of aromatic nitrogens is 1. The van der Waals surface area contributed by atoms with Crippen LogP contribution in [0.1, 0.15) is 42.4 Å². The van der Waals surface area contributed by atoms with Gasteiger partial charge in [0, 0.05) is 36.5 Å². The number of halogens is 2. The summed E-state index contributed by atoms with van der Waals surface area (Å²) in [6.45, 7) is 7.61. The van der Waals surface area contributed by atoms with Crippen LogP contribution in [0.3, 0.4) is 0 Å². The predicted molar refractivity (Wildman–Crippen MR) is 133 cm³/mol. The van der Waals surface area contributed by atoms with E-state index in [1.54, 1.807) is 17.9 Å². The van der Waals surface area contributed by atoms with Crippen molar-refractivity contribution in [1.82, 2.24) is 14.4 Å². The first-order chi connectivity index (χ1) is 16.3. The van der Waals surface area contributed by atoms with Crippen LogP contribution in [-0.2, 0) is 17.9 Å². The van der Waals surface area contributed by atoms with Gasteiger partial charge in [-0.1, -0.05) is 55.8 Å². The number of hydrogen-bond donors (Lipinski definition) is 0. The minimum absolute atomic E-state index is 0.0267. The first kappa shape index (κ1) is 25.5. The summed E-state index contributed by atoms with van der Waals surface area (Å²) < 4.78 is 16.2. The van der Waals surface area contributed by atoms with Crippen LogP contribution in [-0.4, -0.2) is 45.8 Å². The molecule has 0 fully saturated rings. The maximum absolute atomic E-state index is 14.2. The Morgan fingerprint density at radius 3 is 2.38 bits per heavy atom. The van der Waals surface area contributed by atoms with E-state index in [1.165, 1.54) is 23.1 Å². The fourth-order valence-electron chi connectivity index (χ4n) is 3.84. The van der Waals surface area contributed by atoms with Gasteiger partial charge in [0.1, 0.15) is 12.4 Å². The number of likely N-dealkylation sites (N-methyl/N-ethyl adjacent to an activating group) is 1. The highest BCUT2D eigenvalue weighted by Gasteiger charge is 2.24. The summed E-state index contributed by atoms with van der Waals surface area (Å²) in [6, 6.07) is 17.5. The molecule has 0 spiro atoms. The van der Waals surface area contributed by atoms with Crippen molar-refractivity contribution in [2.75, 3.05) is 19.6 Å². The molecule has 0 aliphatic carbocycles. The van der Waals surface area contributed by atoms with E-state index in [9.17, 15) is 14.0 Å². The minimum Gasteiger partial charge on any atom is -0.345 e. The smallest absolute Gasteiger partial charge is 0.257 e. The molecule has 0 atom stereocenters. The molecule has 0 saturated heterocycles. The Balaban J connectivity index is 1.76. The normalized spacial score (nSPS) is 11.0. The van der Waals surface area contributed by atoms with Crippen LogP contribution in [0.4, 0.5) is 4.39 Å². The fraction of sp³-hybridized carbons (Fsp3) is 0.333. The van der Waals surface area contributed by atoms with Crippen molar-refractivity contribution >= 4 is 23.4 Å². The number of carbonyl (C=O) groups excluding carboxylic acids is 2. The molecular formula is C27H31ClFN3O2. The molecule has 3 aromatic rings. The zero-order chi connectivity index (χ0) is 24.7. The van der Waals surface area contributed by atoms with E-state index >= 15 is 0 Å². The van der Waals surface area contributed by atoms with Crippen molar-refractivity contribution in [3.05, 3.63) is 94.5 Å². The topological polar surface area (TPSA) is 45.6 Å². The van der Waals surface area contributed by atoms with Gasteiger partial charge < -0.3 is 14.4 Å². The molecule has 7 heteroatoms. The molecule has 0 aliphatic heterocycles. The standard InChI is InChI=1S/C27H31ClFN3O2/c1-4-30(27(34)23-12-6-8-14-25(23)29)19-26(33)32(16-20(2)3)18-22-11-9-15-31(22)17-21-10-5-7-13-24(21)28/h5-15,20H,4,16-19H2,1-3H3. The average Bonchev–Trinajstić information content (AvgIpc) is 3.24. The molecule has 34 heavy (non-hydrogen) atoms. The van der Waals surface area contributed by atoms with E-state index < -0.39 is 11.7 Å². The summed E-state index contributed by atoms with van der Waals surface area (Å²) in [7, 11) is 0. The molecule has 1 aromatic heterocycles. The van der Waals surface area contributed by atoms with E-state index in [0.29, 0.717) is 31.2 Å². The van der Waals surface area contributed by atoms with Crippen molar-refractivity contribution in [2.45, 2.75) is 33.9 Å². The lowest BCUT2D eigenvalue weighted by molar-refractivity contribution is -0.133. The second-order valence-electron chi connectivity index (χ2n) is 8.69. The van der Waals surface area contributed by atoms with Gasteiger partial charge in [0.2, 0.25) is 5.91 Å². The van der Waals surface area contributed by atoms with Gasteiger partial charge in [0.25, 0.3) is 5.91 Å². The lowest BCUT2D eigenvalue weighted by atomic mass is 10.1. The summed E-state index contributed by atoms with van der Waals surface area (Å²) in [5, 5.41) is 0.697. The van der Waals surface area contributed by atoms with Gasteiger partial charge in [0.05, 0.1) is 12.1 Å². The van der Waals surface area contributed by atoms with E-state index in [-0.39, 0.29) is 23.9 Å². The van der Waals surface area contributed by atoms with Crippen molar-refractivity contribution in [3.8, 4) is 0 Å². The summed E-state index contributed by atoms with van der Waals surface area (Å²) in [6.07, 6.45) is 1.97. The third-order valence-electron chi connectivity index (χ3n) is 5.61. The zero-order valence-corrected chi connectivity index (χ0v) is 20.6. The molecule has 2 amide bonds. The van der Waals surface area contributed by atoms with E-state index in [4.69, 9.17) is 11.6 Å². The molecule has 0 aliphatic rings. The molecule has 0 saturated carbocycles. The Labute approximate surface area is 205 Å². The molecule has 3 rings (SSSR count). The monoisotopic (exact) mass is 483 g/mol. The van der Waals surface area contributed by atoms with Gasteiger partial charge in [-0.3, -0.25) is 9.59 Å². The van der Waals surface area contributed by atoms with Crippen LogP contribution in [0.25, 0.3) is 0 Å². The van der Waals surface area contributed by atoms with Crippen LogP contribution in [0, 0.1) is 11.7 Å². The molecule has 1 heterocycles. The zero-order valence-electron chi connectivity index (χ0n) is 19.9. The molecule has 0 bridgehead atoms. The Morgan fingerprint density at radius 1 is 1.00 bits per heavy atom. The van der Waals surface area contributed by atoms with E-state index in [2.05, 4.69) is 4.57 Å². The van der Waals surface area contributed by atoms with Crippen LogP contribution in [0.2, 0.25) is 5.02 Å². The first-order valence-corrected chi connectivity index (χ1v) is 11.9. The molecular weight excluding hydrogens is 453 g/mol. The van der Waals surface area contributed by atoms with Crippen molar-refractivity contribution in [3.63, 3.8) is 0 Å². The van der Waals surface area contributed by atoms with Crippen LogP contribution >= 0.6 is 11.6 Å². The summed E-state index contributed by atoms with van der Waals surface area (Å²) in [5.41, 5.74) is 1.94. The Bertz CT molecular complexity index is 1130. The first-order valence-electron chi connectivity index (χ1n) is 11.5. The van der Waals surface area contributed by atoms with Crippen LogP contribution in [0.5, 0.6) is 0 Å². The van der Waals surface area contributed by atoms with Crippen molar-refractivity contribution < 1.29 is 14.0 Å². The highest BCUT2D eigenvalue weighted by Crippen LogP contribution is 2.19. The summed E-state index contributed by atoms with van der Waals surface area (Å²) >= 11 is 6.34. The molecule has 2 aromatic carbocycles. The van der Waals surface area contributed by atoms with Gasteiger partial charge in [-0.2, -0.15) is 0 Å². The maximum Gasteiger partial charge on any atom is 0.257 e. The number of benzene rings is 2. The third-order valence-corrected chi connectivity index (χ3v) is 5.98. The van der Waals surface area contributed by atoms with Gasteiger partial charge in [-0.05, 0) is 48.7 Å². The molecule has 0 N–H and O–H groups in total. The molecule has 0 radical (unpaired) electrons. The number of amides is 2. The highest BCUT2D eigenvalue weighted by molar-refractivity contribution is 6.31. The number of nitrogens with zero attached hydrogens (tertiary/aromatic N) is 3. The minimum atomic E-state index is -0.588. The number of hydrogen-bond acceptors (Lipinski definition) is 2. The second-order valence-corrected chi connectivity index (χ2v) is 9.09. The van der Waals surface area contributed by atoms with Crippen molar-refractivity contribution in [1.29, 1.82) is 0 Å². The third kappa shape index (κ3) is 6.48. The van der Waals surface area contributed by atoms with Gasteiger partial charge in [0.15, 0.2) is 0 Å². The summed E-state index contributed by atoms with van der Waals surface area (Å²) in [4.78, 5) is 29.4. The summed E-state index contributed by atoms with van der Waals surface area (Å²) in [5.74, 6) is -1.01. The van der Waals surface area contributed by atoms with Gasteiger partial charge in [-0.15, -0.1) is 0 Å².